The molecule has 4 amide bonds. The minimum Gasteiger partial charge on any atom is -0.460 e. The first-order valence-electron chi connectivity index (χ1n) is 17.9. The third kappa shape index (κ3) is 9.98. The van der Waals surface area contributed by atoms with Gasteiger partial charge in [0.2, 0.25) is 17.7 Å². The van der Waals surface area contributed by atoms with Gasteiger partial charge in [0.25, 0.3) is 5.91 Å². The average molecular weight is 689 g/mol. The topological polar surface area (TPSA) is 143 Å². The molecule has 2 saturated heterocycles. The second-order valence-electron chi connectivity index (χ2n) is 14.8. The molecule has 0 aromatic heterocycles. The van der Waals surface area contributed by atoms with E-state index in [1.54, 1.807) is 55.4 Å². The molecule has 0 spiro atoms. The predicted molar refractivity (Wildman–Crippen MR) is 185 cm³/mol. The Labute approximate surface area is 293 Å². The number of cyclic esters (lactones) is 2. The maximum absolute atomic E-state index is 14.2. The van der Waals surface area contributed by atoms with Gasteiger partial charge in [-0.3, -0.25) is 19.2 Å². The maximum atomic E-state index is 14.2. The predicted octanol–water partition coefficient (Wildman–Crippen LogP) is 3.41. The van der Waals surface area contributed by atoms with Gasteiger partial charge in [-0.15, -0.1) is 12.3 Å². The minimum atomic E-state index is -1.20. The molecule has 2 fully saturated rings. The van der Waals surface area contributed by atoms with Crippen LogP contribution in [-0.2, 0) is 38.2 Å². The third-order valence-corrected chi connectivity index (χ3v) is 10.0. The summed E-state index contributed by atoms with van der Waals surface area (Å²) in [7, 11) is 3.01. The first-order chi connectivity index (χ1) is 22.9. The molecule has 0 aromatic carbocycles. The lowest BCUT2D eigenvalue weighted by molar-refractivity contribution is -0.172. The van der Waals surface area contributed by atoms with Gasteiger partial charge >= 0.3 is 11.9 Å². The van der Waals surface area contributed by atoms with Crippen LogP contribution in [0.15, 0.2) is 0 Å². The molecule has 0 unspecified atom stereocenters. The summed E-state index contributed by atoms with van der Waals surface area (Å²) < 4.78 is 12.0. The van der Waals surface area contributed by atoms with Crippen LogP contribution in [0, 0.1) is 41.9 Å². The molecule has 2 heterocycles. The van der Waals surface area contributed by atoms with Gasteiger partial charge in [-0.25, -0.2) is 9.59 Å². The number of unbranched alkanes of at least 4 members (excludes halogenated alkanes) is 1. The van der Waals surface area contributed by atoms with E-state index in [0.717, 1.165) is 0 Å². The highest BCUT2D eigenvalue weighted by atomic mass is 16.6. The molecule has 2 aliphatic rings. The minimum absolute atomic E-state index is 0.287. The van der Waals surface area contributed by atoms with Crippen molar-refractivity contribution in [3.05, 3.63) is 0 Å². The Kier molecular flexibility index (Phi) is 15.6. The van der Waals surface area contributed by atoms with E-state index in [9.17, 15) is 28.8 Å². The van der Waals surface area contributed by atoms with E-state index in [-0.39, 0.29) is 30.7 Å². The number of hydrogen-bond acceptors (Lipinski definition) is 8. The van der Waals surface area contributed by atoms with Crippen LogP contribution in [0.2, 0.25) is 0 Å². The Morgan fingerprint density at radius 3 is 1.90 bits per heavy atom. The van der Waals surface area contributed by atoms with E-state index in [1.807, 2.05) is 6.92 Å². The van der Waals surface area contributed by atoms with Gasteiger partial charge in [0, 0.05) is 33.0 Å². The smallest absolute Gasteiger partial charge is 0.329 e. The molecule has 0 radical (unpaired) electrons. The molecule has 2 aliphatic heterocycles. The van der Waals surface area contributed by atoms with Crippen LogP contribution in [0.25, 0.3) is 0 Å². The lowest BCUT2D eigenvalue weighted by Crippen LogP contribution is -2.58. The summed E-state index contributed by atoms with van der Waals surface area (Å²) in [5, 5.41) is 2.85. The van der Waals surface area contributed by atoms with Gasteiger partial charge in [-0.2, -0.15) is 0 Å². The molecular formula is C37H60N4O8. The van der Waals surface area contributed by atoms with Crippen LogP contribution in [0.5, 0.6) is 0 Å². The molecule has 12 nitrogen and oxygen atoms in total. The fourth-order valence-corrected chi connectivity index (χ4v) is 6.76. The van der Waals surface area contributed by atoms with Crippen molar-refractivity contribution in [1.82, 2.24) is 20.0 Å². The molecule has 1 N–H and O–H groups in total. The highest BCUT2D eigenvalue weighted by Gasteiger charge is 2.46. The molecule has 12 heteroatoms. The number of esters is 2. The number of amides is 4. The molecule has 0 saturated carbocycles. The standard InChI is InChI=1S/C37H60N4O8/c1-13-15-16-19-27-25(10)32(42)38-28(21(3)4)34(44)40(12)30(23(7)8)37(47)49-31(24(9)14-2)35(45)41-20-17-18-26(41)33(43)39(11)29(22(5)6)36(46)48-27/h1,21-31H,14-20H2,2-12H3,(H,38,42)/t24-,25+,26+,27+,28-,29+,30-,31-/m1/s1. The average Bonchev–Trinajstić information content (AvgIpc) is 3.53. The van der Waals surface area contributed by atoms with Gasteiger partial charge in [-0.05, 0) is 49.9 Å². The van der Waals surface area contributed by atoms with Crippen molar-refractivity contribution in [3.8, 4) is 12.3 Å². The molecule has 2 rings (SSSR count). The Bertz CT molecular complexity index is 1240. The van der Waals surface area contributed by atoms with Crippen LogP contribution in [-0.4, -0.2) is 107 Å². The van der Waals surface area contributed by atoms with E-state index in [4.69, 9.17) is 15.9 Å². The van der Waals surface area contributed by atoms with Crippen LogP contribution in [0.4, 0.5) is 0 Å². The Morgan fingerprint density at radius 2 is 1.39 bits per heavy atom. The summed E-state index contributed by atoms with van der Waals surface area (Å²) in [4.78, 5) is 88.0. The SMILES string of the molecule is C#CCCC[C@@H]1OC(=O)[C@H](C(C)C)N(C)C(=O)[C@@H]2CCCN2C(=O)[C@@H]([C@H](C)CC)OC(=O)[C@@H](C(C)C)N(C)C(=O)[C@@H](C(C)C)NC(=O)[C@H]1C. The monoisotopic (exact) mass is 688 g/mol. The van der Waals surface area contributed by atoms with Crippen molar-refractivity contribution in [1.29, 1.82) is 0 Å². The number of terminal acetylenes is 1. The maximum Gasteiger partial charge on any atom is 0.329 e. The van der Waals surface area contributed by atoms with Gasteiger partial charge in [-0.1, -0.05) is 62.3 Å². The Balaban J connectivity index is 2.74. The lowest BCUT2D eigenvalue weighted by atomic mass is 9.95. The van der Waals surface area contributed by atoms with Crippen molar-refractivity contribution in [2.75, 3.05) is 20.6 Å². The molecule has 276 valence electrons. The van der Waals surface area contributed by atoms with Gasteiger partial charge in [0.1, 0.15) is 30.3 Å². The zero-order valence-corrected chi connectivity index (χ0v) is 31.5. The number of nitrogens with one attached hydrogen (secondary N) is 1. The van der Waals surface area contributed by atoms with Crippen molar-refractivity contribution < 1.29 is 38.2 Å². The fourth-order valence-electron chi connectivity index (χ4n) is 6.76. The van der Waals surface area contributed by atoms with Crippen LogP contribution >= 0.6 is 0 Å². The summed E-state index contributed by atoms with van der Waals surface area (Å²) in [6.07, 6.45) is 6.02. The number of carbonyl (C=O) groups is 6. The first kappa shape index (κ1) is 41.6. The highest BCUT2D eigenvalue weighted by molar-refractivity contribution is 5.95. The Morgan fingerprint density at radius 1 is 0.837 bits per heavy atom. The van der Waals surface area contributed by atoms with Gasteiger partial charge < -0.3 is 29.5 Å². The van der Waals surface area contributed by atoms with Crippen LogP contribution in [0.1, 0.15) is 101 Å². The molecule has 49 heavy (non-hydrogen) atoms. The zero-order chi connectivity index (χ0) is 37.3. The van der Waals surface area contributed by atoms with Crippen LogP contribution in [0.3, 0.4) is 0 Å². The first-order valence-corrected chi connectivity index (χ1v) is 17.9. The third-order valence-electron chi connectivity index (χ3n) is 10.0. The number of carbonyl (C=O) groups excluding carboxylic acids is 6. The number of ether oxygens (including phenoxy) is 2. The second kappa shape index (κ2) is 18.4. The van der Waals surface area contributed by atoms with Crippen molar-refractivity contribution in [3.63, 3.8) is 0 Å². The summed E-state index contributed by atoms with van der Waals surface area (Å²) in [6.45, 7) is 16.3. The molecular weight excluding hydrogens is 628 g/mol. The number of nitrogens with zero attached hydrogens (tertiary/aromatic N) is 3. The molecule has 8 atom stereocenters. The summed E-state index contributed by atoms with van der Waals surface area (Å²) >= 11 is 0. The van der Waals surface area contributed by atoms with E-state index in [2.05, 4.69) is 11.2 Å². The number of fused-ring (bicyclic) bond motifs is 1. The van der Waals surface area contributed by atoms with Gasteiger partial charge in [0.15, 0.2) is 6.10 Å². The van der Waals surface area contributed by atoms with E-state index >= 15 is 0 Å². The molecule has 0 bridgehead atoms. The summed E-state index contributed by atoms with van der Waals surface area (Å²) in [6, 6.07) is -3.95. The van der Waals surface area contributed by atoms with Crippen molar-refractivity contribution >= 4 is 35.6 Å². The lowest BCUT2D eigenvalue weighted by Gasteiger charge is -2.37. The zero-order valence-electron chi connectivity index (χ0n) is 31.5. The second-order valence-corrected chi connectivity index (χ2v) is 14.8. The normalized spacial score (nSPS) is 29.2. The van der Waals surface area contributed by atoms with Crippen LogP contribution < -0.4 is 5.32 Å². The largest absolute Gasteiger partial charge is 0.460 e. The number of hydrogen-bond donors (Lipinski definition) is 1. The van der Waals surface area contributed by atoms with Crippen molar-refractivity contribution in [2.24, 2.45) is 29.6 Å². The molecule has 0 aromatic rings. The van der Waals surface area contributed by atoms with E-state index < -0.39 is 83.8 Å². The number of rotatable bonds is 8. The summed E-state index contributed by atoms with van der Waals surface area (Å²) in [5.41, 5.74) is 0. The highest BCUT2D eigenvalue weighted by Crippen LogP contribution is 2.28. The Hall–Kier alpha value is -3.62. The van der Waals surface area contributed by atoms with E-state index in [0.29, 0.717) is 32.1 Å². The van der Waals surface area contributed by atoms with Crippen molar-refractivity contribution in [2.45, 2.75) is 137 Å². The molecule has 0 aliphatic carbocycles. The van der Waals surface area contributed by atoms with Gasteiger partial charge in [0.05, 0.1) is 5.92 Å². The quantitative estimate of drug-likeness (QED) is 0.232. The van der Waals surface area contributed by atoms with E-state index in [1.165, 1.54) is 28.8 Å². The fraction of sp³-hybridized carbons (Fsp3) is 0.784. The summed E-state index contributed by atoms with van der Waals surface area (Å²) in [5.74, 6) is -3.13. The number of likely N-dealkylation sites (N-methyl/N-ethyl adjacent to an activating group) is 2.